The number of nitrogens with two attached hydrogens (primary N) is 1. The van der Waals surface area contributed by atoms with Gasteiger partial charge in [0, 0.05) is 24.4 Å². The maximum atomic E-state index is 5.93. The monoisotopic (exact) mass is 310 g/mol. The number of halogens is 1. The molecule has 2 aromatic heterocycles. The molecule has 0 saturated heterocycles. The SMILES string of the molecule is COc1ccc(-c2noc(C3(CN)CCCC3)n2)cn1.Cl. The number of rotatable bonds is 4. The van der Waals surface area contributed by atoms with Crippen molar-refractivity contribution in [2.45, 2.75) is 31.1 Å². The van der Waals surface area contributed by atoms with E-state index in [9.17, 15) is 0 Å². The number of ether oxygens (including phenoxy) is 1. The minimum absolute atomic E-state index is 0. The van der Waals surface area contributed by atoms with Crippen LogP contribution in [0.4, 0.5) is 0 Å². The van der Waals surface area contributed by atoms with Crippen LogP contribution in [0.2, 0.25) is 0 Å². The van der Waals surface area contributed by atoms with E-state index >= 15 is 0 Å². The Labute approximate surface area is 129 Å². The Kier molecular flexibility index (Phi) is 4.80. The van der Waals surface area contributed by atoms with Gasteiger partial charge in [0.15, 0.2) is 0 Å². The Morgan fingerprint density at radius 2 is 2.10 bits per heavy atom. The summed E-state index contributed by atoms with van der Waals surface area (Å²) < 4.78 is 10.5. The maximum Gasteiger partial charge on any atom is 0.234 e. The second-order valence-corrected chi connectivity index (χ2v) is 5.20. The Morgan fingerprint density at radius 3 is 2.67 bits per heavy atom. The van der Waals surface area contributed by atoms with Gasteiger partial charge in [0.25, 0.3) is 0 Å². The first kappa shape index (κ1) is 15.7. The fourth-order valence-corrected chi connectivity index (χ4v) is 2.75. The lowest BCUT2D eigenvalue weighted by Crippen LogP contribution is -2.32. The molecule has 1 fully saturated rings. The molecule has 0 atom stereocenters. The van der Waals surface area contributed by atoms with Crippen molar-refractivity contribution in [3.8, 4) is 17.3 Å². The largest absolute Gasteiger partial charge is 0.481 e. The van der Waals surface area contributed by atoms with Crippen LogP contribution in [0.25, 0.3) is 11.4 Å². The average Bonchev–Trinajstić information content (AvgIpc) is 3.17. The van der Waals surface area contributed by atoms with Crippen LogP contribution >= 0.6 is 12.4 Å². The highest BCUT2D eigenvalue weighted by Gasteiger charge is 2.39. The molecule has 0 bridgehead atoms. The van der Waals surface area contributed by atoms with Gasteiger partial charge >= 0.3 is 0 Å². The molecule has 2 aromatic rings. The lowest BCUT2D eigenvalue weighted by molar-refractivity contribution is 0.284. The highest BCUT2D eigenvalue weighted by Crippen LogP contribution is 2.39. The third-order valence-corrected chi connectivity index (χ3v) is 4.03. The Balaban J connectivity index is 0.00000161. The number of hydrogen-bond donors (Lipinski definition) is 1. The summed E-state index contributed by atoms with van der Waals surface area (Å²) in [6.07, 6.45) is 6.05. The van der Waals surface area contributed by atoms with E-state index in [0.29, 0.717) is 24.1 Å². The Morgan fingerprint density at radius 1 is 1.33 bits per heavy atom. The smallest absolute Gasteiger partial charge is 0.234 e. The van der Waals surface area contributed by atoms with Gasteiger partial charge in [-0.3, -0.25) is 0 Å². The summed E-state index contributed by atoms with van der Waals surface area (Å²) in [5.74, 6) is 1.77. The van der Waals surface area contributed by atoms with Crippen LogP contribution < -0.4 is 10.5 Å². The molecule has 6 nitrogen and oxygen atoms in total. The Bertz CT molecular complexity index is 579. The van der Waals surface area contributed by atoms with Crippen molar-refractivity contribution in [2.24, 2.45) is 5.73 Å². The fraction of sp³-hybridized carbons (Fsp3) is 0.500. The van der Waals surface area contributed by atoms with Crippen LogP contribution in [0.3, 0.4) is 0 Å². The van der Waals surface area contributed by atoms with E-state index < -0.39 is 0 Å². The van der Waals surface area contributed by atoms with Crippen LogP contribution in [0, 0.1) is 0 Å². The number of aromatic nitrogens is 3. The molecule has 2 N–H and O–H groups in total. The van der Waals surface area contributed by atoms with E-state index in [4.69, 9.17) is 15.0 Å². The van der Waals surface area contributed by atoms with Gasteiger partial charge in [-0.05, 0) is 18.9 Å². The van der Waals surface area contributed by atoms with E-state index in [1.807, 2.05) is 6.07 Å². The first-order valence-corrected chi connectivity index (χ1v) is 6.82. The molecular formula is C14H19ClN4O2. The predicted octanol–water partition coefficient (Wildman–Crippen LogP) is 2.33. The summed E-state index contributed by atoms with van der Waals surface area (Å²) >= 11 is 0. The number of hydrogen-bond acceptors (Lipinski definition) is 6. The number of pyridine rings is 1. The molecule has 1 saturated carbocycles. The zero-order chi connectivity index (χ0) is 14.0. The number of methoxy groups -OCH3 is 1. The van der Waals surface area contributed by atoms with Gasteiger partial charge in [-0.15, -0.1) is 12.4 Å². The lowest BCUT2D eigenvalue weighted by Gasteiger charge is -2.21. The second kappa shape index (κ2) is 6.41. The summed E-state index contributed by atoms with van der Waals surface area (Å²) in [5, 5.41) is 4.06. The van der Waals surface area contributed by atoms with Crippen molar-refractivity contribution in [2.75, 3.05) is 13.7 Å². The molecule has 21 heavy (non-hydrogen) atoms. The molecular weight excluding hydrogens is 292 g/mol. The predicted molar refractivity (Wildman–Crippen MR) is 80.5 cm³/mol. The molecule has 0 aliphatic heterocycles. The van der Waals surface area contributed by atoms with Gasteiger partial charge < -0.3 is 15.0 Å². The van der Waals surface area contributed by atoms with Crippen LogP contribution in [0.5, 0.6) is 5.88 Å². The average molecular weight is 311 g/mol. The molecule has 0 radical (unpaired) electrons. The summed E-state index contributed by atoms with van der Waals surface area (Å²) in [5.41, 5.74) is 6.61. The van der Waals surface area contributed by atoms with Crippen molar-refractivity contribution in [3.05, 3.63) is 24.2 Å². The zero-order valence-electron chi connectivity index (χ0n) is 11.9. The quantitative estimate of drug-likeness (QED) is 0.932. The summed E-state index contributed by atoms with van der Waals surface area (Å²) in [4.78, 5) is 8.67. The highest BCUT2D eigenvalue weighted by molar-refractivity contribution is 5.85. The van der Waals surface area contributed by atoms with Crippen LogP contribution in [0.1, 0.15) is 31.6 Å². The van der Waals surface area contributed by atoms with E-state index in [1.165, 1.54) is 12.8 Å². The molecule has 3 rings (SSSR count). The molecule has 114 valence electrons. The molecule has 0 aromatic carbocycles. The number of nitrogens with zero attached hydrogens (tertiary/aromatic N) is 3. The fourth-order valence-electron chi connectivity index (χ4n) is 2.75. The van der Waals surface area contributed by atoms with Crippen molar-refractivity contribution in [1.29, 1.82) is 0 Å². The highest BCUT2D eigenvalue weighted by atomic mass is 35.5. The van der Waals surface area contributed by atoms with Gasteiger partial charge in [0.1, 0.15) is 0 Å². The normalized spacial score (nSPS) is 16.5. The standard InChI is InChI=1S/C14H18N4O2.ClH/c1-19-11-5-4-10(8-16-11)12-17-13(20-18-12)14(9-15)6-2-3-7-14;/h4-5,8H,2-3,6-7,9,15H2,1H3;1H. The van der Waals surface area contributed by atoms with Crippen LogP contribution in [0.15, 0.2) is 22.9 Å². The summed E-state index contributed by atoms with van der Waals surface area (Å²) in [7, 11) is 1.58. The van der Waals surface area contributed by atoms with Gasteiger partial charge in [-0.25, -0.2) is 4.98 Å². The van der Waals surface area contributed by atoms with Crippen molar-refractivity contribution < 1.29 is 9.26 Å². The van der Waals surface area contributed by atoms with Crippen molar-refractivity contribution >= 4 is 12.4 Å². The zero-order valence-corrected chi connectivity index (χ0v) is 12.7. The first-order chi connectivity index (χ1) is 9.77. The van der Waals surface area contributed by atoms with E-state index in [0.717, 1.165) is 18.4 Å². The first-order valence-electron chi connectivity index (χ1n) is 6.82. The molecule has 0 amide bonds. The van der Waals surface area contributed by atoms with Gasteiger partial charge in [0.2, 0.25) is 17.6 Å². The van der Waals surface area contributed by atoms with Gasteiger partial charge in [0.05, 0.1) is 12.5 Å². The maximum absolute atomic E-state index is 5.93. The van der Waals surface area contributed by atoms with E-state index in [-0.39, 0.29) is 17.8 Å². The minimum Gasteiger partial charge on any atom is -0.481 e. The van der Waals surface area contributed by atoms with Crippen molar-refractivity contribution in [1.82, 2.24) is 15.1 Å². The lowest BCUT2D eigenvalue weighted by atomic mass is 9.86. The van der Waals surface area contributed by atoms with E-state index in [2.05, 4.69) is 15.1 Å². The molecule has 7 heteroatoms. The molecule has 1 aliphatic carbocycles. The van der Waals surface area contributed by atoms with Crippen LogP contribution in [-0.4, -0.2) is 28.8 Å². The second-order valence-electron chi connectivity index (χ2n) is 5.20. The van der Waals surface area contributed by atoms with Crippen molar-refractivity contribution in [3.63, 3.8) is 0 Å². The molecule has 1 aliphatic rings. The van der Waals surface area contributed by atoms with Gasteiger partial charge in [-0.2, -0.15) is 4.98 Å². The molecule has 2 heterocycles. The van der Waals surface area contributed by atoms with Gasteiger partial charge in [-0.1, -0.05) is 18.0 Å². The summed E-state index contributed by atoms with van der Waals surface area (Å²) in [6.45, 7) is 0.551. The third-order valence-electron chi connectivity index (χ3n) is 4.03. The molecule has 0 spiro atoms. The van der Waals surface area contributed by atoms with Crippen LogP contribution in [-0.2, 0) is 5.41 Å². The van der Waals surface area contributed by atoms with E-state index in [1.54, 1.807) is 19.4 Å². The molecule has 0 unspecified atom stereocenters. The Hall–Kier alpha value is -1.66. The topological polar surface area (TPSA) is 87.1 Å². The minimum atomic E-state index is -0.134. The summed E-state index contributed by atoms with van der Waals surface area (Å²) in [6, 6.07) is 3.64. The third kappa shape index (κ3) is 2.87.